The standard InChI is InChI=1S/C26H23F2N3O4/c1-16(2)22(17-10-12-19(13-11-17)35-26(27)28)24(32)30-31-23(18-7-4-3-5-8-18)29-21(25(31)33)15-20-9-6-14-34-20/h3-16,22,26H,1-2H3,(H,30,32)/b21-15-. The normalized spacial score (nSPS) is 15.6. The van der Waals surface area contributed by atoms with Crippen LogP contribution in [-0.4, -0.2) is 29.3 Å². The SMILES string of the molecule is CC(C)C(C(=O)NN1C(=O)/C(=C/c2ccco2)N=C1c1ccccc1)c1ccc(OC(F)F)cc1. The van der Waals surface area contributed by atoms with Crippen LogP contribution >= 0.6 is 0 Å². The number of hydrogen-bond donors (Lipinski definition) is 1. The van der Waals surface area contributed by atoms with Gasteiger partial charge >= 0.3 is 6.61 Å². The van der Waals surface area contributed by atoms with Crippen LogP contribution < -0.4 is 10.2 Å². The number of nitrogens with one attached hydrogen (secondary N) is 1. The number of nitrogens with zero attached hydrogens (tertiary/aromatic N) is 2. The van der Waals surface area contributed by atoms with Crippen molar-refractivity contribution in [3.8, 4) is 5.75 Å². The van der Waals surface area contributed by atoms with Gasteiger partial charge in [0.1, 0.15) is 17.2 Å². The fraction of sp³-hybridized carbons (Fsp3) is 0.192. The van der Waals surface area contributed by atoms with Gasteiger partial charge in [-0.3, -0.25) is 15.0 Å². The molecule has 0 radical (unpaired) electrons. The first-order valence-electron chi connectivity index (χ1n) is 10.9. The summed E-state index contributed by atoms with van der Waals surface area (Å²) >= 11 is 0. The zero-order chi connectivity index (χ0) is 24.9. The van der Waals surface area contributed by atoms with E-state index in [2.05, 4.69) is 15.2 Å². The number of aliphatic imine (C=N–C) groups is 1. The first kappa shape index (κ1) is 23.9. The molecule has 0 fully saturated rings. The van der Waals surface area contributed by atoms with E-state index in [1.165, 1.54) is 24.5 Å². The summed E-state index contributed by atoms with van der Waals surface area (Å²) in [4.78, 5) is 31.1. The number of amides is 2. The third-order valence-corrected chi connectivity index (χ3v) is 5.35. The van der Waals surface area contributed by atoms with Crippen molar-refractivity contribution in [3.63, 3.8) is 0 Å². The minimum absolute atomic E-state index is 0.00686. The van der Waals surface area contributed by atoms with Crippen molar-refractivity contribution in [1.29, 1.82) is 0 Å². The van der Waals surface area contributed by atoms with Gasteiger partial charge in [-0.1, -0.05) is 56.3 Å². The molecule has 1 aromatic heterocycles. The Kier molecular flexibility index (Phi) is 7.05. The molecule has 2 amide bonds. The molecule has 9 heteroatoms. The van der Waals surface area contributed by atoms with Crippen LogP contribution in [-0.2, 0) is 9.59 Å². The van der Waals surface area contributed by atoms with E-state index in [0.29, 0.717) is 16.9 Å². The first-order chi connectivity index (χ1) is 16.8. The Hall–Kier alpha value is -4.27. The van der Waals surface area contributed by atoms with Gasteiger partial charge in [-0.25, -0.2) is 4.99 Å². The Labute approximate surface area is 200 Å². The van der Waals surface area contributed by atoms with Crippen LogP contribution in [0.25, 0.3) is 6.08 Å². The fourth-order valence-electron chi connectivity index (χ4n) is 3.78. The predicted molar refractivity (Wildman–Crippen MR) is 125 cm³/mol. The van der Waals surface area contributed by atoms with Crippen molar-refractivity contribution >= 4 is 23.7 Å². The van der Waals surface area contributed by atoms with Crippen LogP contribution in [0.4, 0.5) is 8.78 Å². The maximum atomic E-state index is 13.4. The Morgan fingerprint density at radius 3 is 2.37 bits per heavy atom. The molecule has 1 atom stereocenters. The molecule has 1 unspecified atom stereocenters. The molecular formula is C26H23F2N3O4. The fourth-order valence-corrected chi connectivity index (χ4v) is 3.78. The number of halogens is 2. The maximum absolute atomic E-state index is 13.4. The Morgan fingerprint density at radius 2 is 1.77 bits per heavy atom. The highest BCUT2D eigenvalue weighted by atomic mass is 19.3. The Morgan fingerprint density at radius 1 is 1.06 bits per heavy atom. The zero-order valence-electron chi connectivity index (χ0n) is 19.0. The molecular weight excluding hydrogens is 456 g/mol. The Balaban J connectivity index is 1.62. The number of benzene rings is 2. The lowest BCUT2D eigenvalue weighted by Gasteiger charge is -2.25. The van der Waals surface area contributed by atoms with Crippen molar-refractivity contribution in [1.82, 2.24) is 10.4 Å². The average Bonchev–Trinajstić information content (AvgIpc) is 3.44. The van der Waals surface area contributed by atoms with Gasteiger partial charge in [0.05, 0.1) is 12.2 Å². The van der Waals surface area contributed by atoms with E-state index in [4.69, 9.17) is 4.42 Å². The van der Waals surface area contributed by atoms with E-state index in [1.807, 2.05) is 19.9 Å². The number of amidine groups is 1. The van der Waals surface area contributed by atoms with Gasteiger partial charge in [-0.2, -0.15) is 13.8 Å². The van der Waals surface area contributed by atoms with Crippen LogP contribution in [0.3, 0.4) is 0 Å². The smallest absolute Gasteiger partial charge is 0.387 e. The number of hydrazine groups is 1. The second kappa shape index (κ2) is 10.3. The maximum Gasteiger partial charge on any atom is 0.387 e. The lowest BCUT2D eigenvalue weighted by molar-refractivity contribution is -0.134. The summed E-state index contributed by atoms with van der Waals surface area (Å²) in [5.41, 5.74) is 4.04. The van der Waals surface area contributed by atoms with Crippen LogP contribution in [0, 0.1) is 5.92 Å². The van der Waals surface area contributed by atoms with Crippen LogP contribution in [0.2, 0.25) is 0 Å². The number of hydrogen-bond acceptors (Lipinski definition) is 5. The van der Waals surface area contributed by atoms with Gasteiger partial charge in [0.15, 0.2) is 5.84 Å². The molecule has 0 saturated carbocycles. The monoisotopic (exact) mass is 479 g/mol. The van der Waals surface area contributed by atoms with E-state index in [9.17, 15) is 18.4 Å². The minimum atomic E-state index is -2.94. The molecule has 1 aliphatic rings. The quantitative estimate of drug-likeness (QED) is 0.462. The molecule has 0 saturated heterocycles. The molecule has 0 spiro atoms. The summed E-state index contributed by atoms with van der Waals surface area (Å²) < 4.78 is 34.7. The molecule has 7 nitrogen and oxygen atoms in total. The number of rotatable bonds is 8. The van der Waals surface area contributed by atoms with Crippen molar-refractivity contribution in [2.24, 2.45) is 10.9 Å². The van der Waals surface area contributed by atoms with Crippen molar-refractivity contribution in [2.45, 2.75) is 26.4 Å². The predicted octanol–water partition coefficient (Wildman–Crippen LogP) is 4.98. The number of alkyl halides is 2. The van der Waals surface area contributed by atoms with E-state index in [0.717, 1.165) is 5.01 Å². The first-order valence-corrected chi connectivity index (χ1v) is 10.9. The van der Waals surface area contributed by atoms with Gasteiger partial charge < -0.3 is 9.15 Å². The van der Waals surface area contributed by atoms with Gasteiger partial charge in [-0.05, 0) is 35.7 Å². The average molecular weight is 479 g/mol. The van der Waals surface area contributed by atoms with E-state index >= 15 is 0 Å². The number of carbonyl (C=O) groups is 2. The zero-order valence-corrected chi connectivity index (χ0v) is 19.0. The Bertz CT molecular complexity index is 1240. The molecule has 180 valence electrons. The van der Waals surface area contributed by atoms with E-state index < -0.39 is 24.3 Å². The molecule has 2 aromatic carbocycles. The summed E-state index contributed by atoms with van der Waals surface area (Å²) in [5, 5.41) is 1.12. The summed E-state index contributed by atoms with van der Waals surface area (Å²) in [6, 6.07) is 18.3. The lowest BCUT2D eigenvalue weighted by atomic mass is 9.88. The van der Waals surface area contributed by atoms with E-state index in [1.54, 1.807) is 48.5 Å². The van der Waals surface area contributed by atoms with E-state index in [-0.39, 0.29) is 23.2 Å². The van der Waals surface area contributed by atoms with Crippen LogP contribution in [0.15, 0.2) is 88.1 Å². The molecule has 35 heavy (non-hydrogen) atoms. The summed E-state index contributed by atoms with van der Waals surface area (Å²) in [7, 11) is 0. The third kappa shape index (κ3) is 5.46. The molecule has 1 aliphatic heterocycles. The van der Waals surface area contributed by atoms with Crippen LogP contribution in [0.1, 0.15) is 36.7 Å². The highest BCUT2D eigenvalue weighted by Gasteiger charge is 2.35. The molecule has 1 N–H and O–H groups in total. The highest BCUT2D eigenvalue weighted by Crippen LogP contribution is 2.28. The molecule has 3 aromatic rings. The topological polar surface area (TPSA) is 84.1 Å². The number of ether oxygens (including phenoxy) is 1. The lowest BCUT2D eigenvalue weighted by Crippen LogP contribution is -2.49. The second-order valence-corrected chi connectivity index (χ2v) is 8.13. The highest BCUT2D eigenvalue weighted by molar-refractivity contribution is 6.20. The summed E-state index contributed by atoms with van der Waals surface area (Å²) in [5.74, 6) is -1.08. The van der Waals surface area contributed by atoms with Crippen molar-refractivity contribution < 1.29 is 27.5 Å². The largest absolute Gasteiger partial charge is 0.465 e. The van der Waals surface area contributed by atoms with Crippen molar-refractivity contribution in [3.05, 3.63) is 95.6 Å². The third-order valence-electron chi connectivity index (χ3n) is 5.35. The summed E-state index contributed by atoms with van der Waals surface area (Å²) in [6.45, 7) is 0.771. The molecule has 0 aliphatic carbocycles. The molecule has 2 heterocycles. The van der Waals surface area contributed by atoms with Crippen molar-refractivity contribution in [2.75, 3.05) is 0 Å². The van der Waals surface area contributed by atoms with Gasteiger partial charge in [-0.15, -0.1) is 0 Å². The molecule has 4 rings (SSSR count). The molecule has 0 bridgehead atoms. The van der Waals surface area contributed by atoms with Gasteiger partial charge in [0.25, 0.3) is 5.91 Å². The van der Waals surface area contributed by atoms with Gasteiger partial charge in [0, 0.05) is 11.6 Å². The van der Waals surface area contributed by atoms with Crippen LogP contribution in [0.5, 0.6) is 5.75 Å². The summed E-state index contributed by atoms with van der Waals surface area (Å²) in [6.07, 6.45) is 2.98. The minimum Gasteiger partial charge on any atom is -0.465 e. The number of carbonyl (C=O) groups excluding carboxylic acids is 2. The van der Waals surface area contributed by atoms with Gasteiger partial charge in [0.2, 0.25) is 5.91 Å². The second-order valence-electron chi connectivity index (χ2n) is 8.13. The number of furan rings is 1.